The Balaban J connectivity index is 0.970. The molecule has 0 aliphatic rings. The van der Waals surface area contributed by atoms with Crippen molar-refractivity contribution in [1.82, 2.24) is 4.57 Å². The Hall–Kier alpha value is -8.20. The Morgan fingerprint density at radius 2 is 0.700 bits per heavy atom. The lowest BCUT2D eigenvalue weighted by atomic mass is 9.87. The summed E-state index contributed by atoms with van der Waals surface area (Å²) in [5.41, 5.74) is 21.7. The number of rotatable bonds is 11. The SMILES string of the molecule is CCC(C)c1ccc(-c2ccc(-c3ccc4c(c3)c3cc(-c5ccc(N(c6ccc(-c7ccccc7)cc6)c6ccc(-c7ccccc7)cc6)cc5)ccc3n4-c3ccc(C(C)(C)C)cc3)cc2)cc1. The molecule has 0 saturated heterocycles. The first-order chi connectivity index (χ1) is 34.2. The molecule has 0 spiro atoms. The summed E-state index contributed by atoms with van der Waals surface area (Å²) in [5.74, 6) is 0.567. The molecule has 10 aromatic carbocycles. The van der Waals surface area contributed by atoms with Gasteiger partial charge in [-0.1, -0.05) is 204 Å². The molecule has 2 nitrogen and oxygen atoms in total. The molecule has 0 saturated carbocycles. The fourth-order valence-electron chi connectivity index (χ4n) is 9.98. The molecule has 0 bridgehead atoms. The van der Waals surface area contributed by atoms with E-state index in [-0.39, 0.29) is 5.41 Å². The summed E-state index contributed by atoms with van der Waals surface area (Å²) in [6, 6.07) is 89.4. The standard InChI is InChI=1S/C68H58N2/c1-6-47(2)48-17-19-51(20-18-48)52-21-23-55(24-22-52)57-31-43-66-64(45-57)65-46-58(32-44-67(65)70(66)63-41-33-59(34-42-63)68(3,4)5)56-29-39-62(40-30-56)69(60-35-25-53(26-36-60)49-13-9-7-10-14-49)61-37-27-54(28-38-61)50-15-11-8-12-16-50/h7-47H,6H2,1-5H3. The summed E-state index contributed by atoms with van der Waals surface area (Å²) in [4.78, 5) is 2.35. The lowest BCUT2D eigenvalue weighted by molar-refractivity contribution is 0.590. The van der Waals surface area contributed by atoms with Crippen molar-refractivity contribution in [1.29, 1.82) is 0 Å². The summed E-state index contributed by atoms with van der Waals surface area (Å²) in [7, 11) is 0. The third-order valence-corrected chi connectivity index (χ3v) is 14.3. The minimum absolute atomic E-state index is 0.0718. The highest BCUT2D eigenvalue weighted by Gasteiger charge is 2.19. The Morgan fingerprint density at radius 1 is 0.371 bits per heavy atom. The molecule has 11 aromatic rings. The van der Waals surface area contributed by atoms with Crippen molar-refractivity contribution in [3.63, 3.8) is 0 Å². The molecule has 1 aromatic heterocycles. The summed E-state index contributed by atoms with van der Waals surface area (Å²) in [6.45, 7) is 11.4. The van der Waals surface area contributed by atoms with Gasteiger partial charge < -0.3 is 9.47 Å². The number of benzene rings is 10. The molecule has 0 N–H and O–H groups in total. The largest absolute Gasteiger partial charge is 0.311 e. The van der Waals surface area contributed by atoms with E-state index < -0.39 is 0 Å². The Kier molecular flexibility index (Phi) is 11.8. The number of nitrogens with zero attached hydrogens (tertiary/aromatic N) is 2. The smallest absolute Gasteiger partial charge is 0.0541 e. The van der Waals surface area contributed by atoms with Crippen molar-refractivity contribution >= 4 is 38.9 Å². The Bertz CT molecular complexity index is 3460. The van der Waals surface area contributed by atoms with E-state index in [9.17, 15) is 0 Å². The average molecular weight is 903 g/mol. The van der Waals surface area contributed by atoms with Crippen LogP contribution in [-0.4, -0.2) is 4.57 Å². The quantitative estimate of drug-likeness (QED) is 0.126. The molecule has 11 rings (SSSR count). The predicted octanol–water partition coefficient (Wildman–Crippen LogP) is 19.4. The van der Waals surface area contributed by atoms with Crippen molar-refractivity contribution < 1.29 is 0 Å². The van der Waals surface area contributed by atoms with Crippen molar-refractivity contribution in [2.75, 3.05) is 4.90 Å². The van der Waals surface area contributed by atoms with Gasteiger partial charge in [0.05, 0.1) is 11.0 Å². The van der Waals surface area contributed by atoms with Gasteiger partial charge in [-0.15, -0.1) is 0 Å². The van der Waals surface area contributed by atoms with Crippen LogP contribution in [0.1, 0.15) is 58.1 Å². The molecular formula is C68H58N2. The topological polar surface area (TPSA) is 8.17 Å². The van der Waals surface area contributed by atoms with Gasteiger partial charge >= 0.3 is 0 Å². The molecule has 0 aliphatic carbocycles. The summed E-state index contributed by atoms with van der Waals surface area (Å²) >= 11 is 0. The van der Waals surface area contributed by atoms with Gasteiger partial charge in [0.1, 0.15) is 0 Å². The van der Waals surface area contributed by atoms with Crippen molar-refractivity contribution in [2.45, 2.75) is 52.4 Å². The molecule has 340 valence electrons. The van der Waals surface area contributed by atoms with Crippen LogP contribution in [0.5, 0.6) is 0 Å². The monoisotopic (exact) mass is 902 g/mol. The zero-order valence-electron chi connectivity index (χ0n) is 40.8. The number of fused-ring (bicyclic) bond motifs is 3. The van der Waals surface area contributed by atoms with Crippen LogP contribution in [0.3, 0.4) is 0 Å². The lowest BCUT2D eigenvalue weighted by Gasteiger charge is -2.26. The maximum absolute atomic E-state index is 2.43. The van der Waals surface area contributed by atoms with E-state index in [0.717, 1.165) is 29.2 Å². The van der Waals surface area contributed by atoms with Gasteiger partial charge in [0.15, 0.2) is 0 Å². The molecule has 0 amide bonds. The molecule has 0 fully saturated rings. The van der Waals surface area contributed by atoms with Crippen LogP contribution in [0.25, 0.3) is 83.1 Å². The maximum Gasteiger partial charge on any atom is 0.0541 e. The number of hydrogen-bond acceptors (Lipinski definition) is 1. The van der Waals surface area contributed by atoms with Crippen molar-refractivity contribution in [2.24, 2.45) is 0 Å². The van der Waals surface area contributed by atoms with E-state index >= 15 is 0 Å². The summed E-state index contributed by atoms with van der Waals surface area (Å²) in [5, 5.41) is 2.47. The molecular weight excluding hydrogens is 845 g/mol. The molecule has 70 heavy (non-hydrogen) atoms. The van der Waals surface area contributed by atoms with Crippen LogP contribution < -0.4 is 4.90 Å². The highest BCUT2D eigenvalue weighted by molar-refractivity contribution is 6.11. The fourth-order valence-corrected chi connectivity index (χ4v) is 9.98. The van der Waals surface area contributed by atoms with Gasteiger partial charge in [0, 0.05) is 33.5 Å². The van der Waals surface area contributed by atoms with E-state index in [1.165, 1.54) is 88.6 Å². The first kappa shape index (κ1) is 44.3. The van der Waals surface area contributed by atoms with Crippen molar-refractivity contribution in [3.8, 4) is 61.3 Å². The van der Waals surface area contributed by atoms with Crippen molar-refractivity contribution in [3.05, 3.63) is 254 Å². The van der Waals surface area contributed by atoms with E-state index in [2.05, 4.69) is 287 Å². The van der Waals surface area contributed by atoms with Gasteiger partial charge in [-0.25, -0.2) is 0 Å². The zero-order chi connectivity index (χ0) is 47.8. The minimum Gasteiger partial charge on any atom is -0.311 e. The lowest BCUT2D eigenvalue weighted by Crippen LogP contribution is -2.10. The van der Waals surface area contributed by atoms with Crippen LogP contribution in [0.15, 0.2) is 243 Å². The van der Waals surface area contributed by atoms with Crippen LogP contribution in [0, 0.1) is 0 Å². The van der Waals surface area contributed by atoms with Crippen LogP contribution >= 0.6 is 0 Å². The Labute approximate surface area is 413 Å². The molecule has 1 atom stereocenters. The second-order valence-corrected chi connectivity index (χ2v) is 19.8. The Morgan fingerprint density at radius 3 is 1.07 bits per heavy atom. The second kappa shape index (κ2) is 18.7. The summed E-state index contributed by atoms with van der Waals surface area (Å²) < 4.78 is 2.43. The van der Waals surface area contributed by atoms with Crippen LogP contribution in [0.4, 0.5) is 17.1 Å². The van der Waals surface area contributed by atoms with E-state index in [1.54, 1.807) is 0 Å². The zero-order valence-corrected chi connectivity index (χ0v) is 40.8. The third-order valence-electron chi connectivity index (χ3n) is 14.3. The maximum atomic E-state index is 2.43. The van der Waals surface area contributed by atoms with Gasteiger partial charge in [0.25, 0.3) is 0 Å². The predicted molar refractivity (Wildman–Crippen MR) is 300 cm³/mol. The fraction of sp³-hybridized carbons (Fsp3) is 0.118. The highest BCUT2D eigenvalue weighted by atomic mass is 15.1. The third kappa shape index (κ3) is 8.74. The molecule has 2 heteroatoms. The molecule has 1 unspecified atom stereocenters. The number of anilines is 3. The molecule has 0 aliphatic heterocycles. The van der Waals surface area contributed by atoms with E-state index in [4.69, 9.17) is 0 Å². The normalized spacial score (nSPS) is 12.1. The van der Waals surface area contributed by atoms with E-state index in [0.29, 0.717) is 5.92 Å². The van der Waals surface area contributed by atoms with Gasteiger partial charge in [-0.05, 0) is 157 Å². The highest BCUT2D eigenvalue weighted by Crippen LogP contribution is 2.41. The molecule has 0 radical (unpaired) electrons. The van der Waals surface area contributed by atoms with Gasteiger partial charge in [0.2, 0.25) is 0 Å². The summed E-state index contributed by atoms with van der Waals surface area (Å²) in [6.07, 6.45) is 1.15. The molecule has 1 heterocycles. The van der Waals surface area contributed by atoms with Crippen LogP contribution in [-0.2, 0) is 5.41 Å². The minimum atomic E-state index is 0.0718. The van der Waals surface area contributed by atoms with Gasteiger partial charge in [-0.2, -0.15) is 0 Å². The number of hydrogen-bond donors (Lipinski definition) is 0. The number of aromatic nitrogens is 1. The van der Waals surface area contributed by atoms with E-state index in [1.807, 2.05) is 0 Å². The first-order valence-corrected chi connectivity index (χ1v) is 24.8. The average Bonchev–Trinajstić information content (AvgIpc) is 3.74. The first-order valence-electron chi connectivity index (χ1n) is 24.8. The van der Waals surface area contributed by atoms with Gasteiger partial charge in [-0.3, -0.25) is 0 Å². The second-order valence-electron chi connectivity index (χ2n) is 19.8. The van der Waals surface area contributed by atoms with Crippen LogP contribution in [0.2, 0.25) is 0 Å².